The summed E-state index contributed by atoms with van der Waals surface area (Å²) in [5, 5.41) is 8.17. The highest BCUT2D eigenvalue weighted by molar-refractivity contribution is 5.96. The zero-order valence-corrected chi connectivity index (χ0v) is 11.6. The maximum absolute atomic E-state index is 11.7. The van der Waals surface area contributed by atoms with E-state index in [-0.39, 0.29) is 11.9 Å². The fourth-order valence-corrected chi connectivity index (χ4v) is 1.47. The van der Waals surface area contributed by atoms with Gasteiger partial charge in [0.1, 0.15) is 0 Å². The minimum absolute atomic E-state index is 0.145. The maximum atomic E-state index is 11.7. The predicted molar refractivity (Wildman–Crippen MR) is 76.3 cm³/mol. The van der Waals surface area contributed by atoms with Gasteiger partial charge in [-0.3, -0.25) is 4.79 Å². The van der Waals surface area contributed by atoms with E-state index in [1.165, 1.54) is 0 Å². The molecule has 0 aliphatic carbocycles. The first kappa shape index (κ1) is 15.0. The van der Waals surface area contributed by atoms with E-state index < -0.39 is 0 Å². The van der Waals surface area contributed by atoms with Crippen molar-refractivity contribution < 1.29 is 9.59 Å². The normalized spacial score (nSPS) is 10.1. The zero-order valence-electron chi connectivity index (χ0n) is 11.6. The molecular formula is C14H21N3O2. The average Bonchev–Trinajstić information content (AvgIpc) is 2.37. The number of benzene rings is 1. The molecule has 5 nitrogen and oxygen atoms in total. The number of hydrogen-bond acceptors (Lipinski definition) is 2. The molecule has 0 aromatic heterocycles. The molecule has 0 saturated heterocycles. The van der Waals surface area contributed by atoms with Gasteiger partial charge in [-0.25, -0.2) is 4.79 Å². The van der Waals surface area contributed by atoms with Crippen molar-refractivity contribution >= 4 is 17.6 Å². The standard InChI is InChI=1S/C14H21N3O2/c1-4-15-13(18)11-6-5-7-12(8-11)17-14(19)16-9-10(2)3/h5-8,10H,4,9H2,1-3H3,(H,15,18)(H2,16,17,19). The minimum atomic E-state index is -0.262. The summed E-state index contributed by atoms with van der Waals surface area (Å²) in [7, 11) is 0. The molecule has 0 bridgehead atoms. The molecule has 0 atom stereocenters. The van der Waals surface area contributed by atoms with E-state index in [9.17, 15) is 9.59 Å². The third-order valence-electron chi connectivity index (χ3n) is 2.39. The summed E-state index contributed by atoms with van der Waals surface area (Å²) in [6.07, 6.45) is 0. The fraction of sp³-hybridized carbons (Fsp3) is 0.429. The first-order valence-corrected chi connectivity index (χ1v) is 6.46. The molecule has 0 aliphatic rings. The number of carbonyl (C=O) groups excluding carboxylic acids is 2. The molecule has 0 saturated carbocycles. The van der Waals surface area contributed by atoms with Crippen LogP contribution >= 0.6 is 0 Å². The van der Waals surface area contributed by atoms with Crippen molar-refractivity contribution in [1.29, 1.82) is 0 Å². The van der Waals surface area contributed by atoms with Crippen molar-refractivity contribution in [2.75, 3.05) is 18.4 Å². The third-order valence-corrected chi connectivity index (χ3v) is 2.39. The molecule has 0 heterocycles. The van der Waals surface area contributed by atoms with Gasteiger partial charge in [-0.15, -0.1) is 0 Å². The maximum Gasteiger partial charge on any atom is 0.319 e. The number of nitrogens with one attached hydrogen (secondary N) is 3. The fourth-order valence-electron chi connectivity index (χ4n) is 1.47. The number of amides is 3. The van der Waals surface area contributed by atoms with Crippen LogP contribution in [-0.4, -0.2) is 25.0 Å². The Bertz CT molecular complexity index is 444. The average molecular weight is 263 g/mol. The van der Waals surface area contributed by atoms with Crippen LogP contribution in [0.4, 0.5) is 10.5 Å². The summed E-state index contributed by atoms with van der Waals surface area (Å²) in [5.41, 5.74) is 1.13. The lowest BCUT2D eigenvalue weighted by Gasteiger charge is -2.10. The van der Waals surface area contributed by atoms with E-state index in [2.05, 4.69) is 16.0 Å². The highest BCUT2D eigenvalue weighted by Crippen LogP contribution is 2.10. The lowest BCUT2D eigenvalue weighted by molar-refractivity contribution is 0.0956. The first-order valence-electron chi connectivity index (χ1n) is 6.46. The lowest BCUT2D eigenvalue weighted by Crippen LogP contribution is -2.31. The van der Waals surface area contributed by atoms with Crippen LogP contribution in [0.15, 0.2) is 24.3 Å². The molecule has 5 heteroatoms. The first-order chi connectivity index (χ1) is 9.02. The van der Waals surface area contributed by atoms with Gasteiger partial charge in [0.05, 0.1) is 0 Å². The largest absolute Gasteiger partial charge is 0.352 e. The van der Waals surface area contributed by atoms with Crippen LogP contribution in [0.25, 0.3) is 0 Å². The van der Waals surface area contributed by atoms with Crippen molar-refractivity contribution in [3.8, 4) is 0 Å². The third kappa shape index (κ3) is 5.42. The van der Waals surface area contributed by atoms with Crippen LogP contribution in [0, 0.1) is 5.92 Å². The van der Waals surface area contributed by atoms with Crippen LogP contribution in [0.5, 0.6) is 0 Å². The van der Waals surface area contributed by atoms with Gasteiger partial charge >= 0.3 is 6.03 Å². The Morgan fingerprint density at radius 2 is 1.95 bits per heavy atom. The van der Waals surface area contributed by atoms with Crippen LogP contribution < -0.4 is 16.0 Å². The topological polar surface area (TPSA) is 70.2 Å². The molecule has 0 aliphatic heterocycles. The van der Waals surface area contributed by atoms with Gasteiger partial charge in [-0.1, -0.05) is 19.9 Å². The van der Waals surface area contributed by atoms with Gasteiger partial charge < -0.3 is 16.0 Å². The molecule has 0 spiro atoms. The SMILES string of the molecule is CCNC(=O)c1cccc(NC(=O)NCC(C)C)c1. The number of urea groups is 1. The Labute approximate surface area is 113 Å². The van der Waals surface area contributed by atoms with Gasteiger partial charge in [0.15, 0.2) is 0 Å². The van der Waals surface area contributed by atoms with Crippen LogP contribution in [0.1, 0.15) is 31.1 Å². The number of rotatable bonds is 5. The highest BCUT2D eigenvalue weighted by atomic mass is 16.2. The van der Waals surface area contributed by atoms with Crippen molar-refractivity contribution in [3.63, 3.8) is 0 Å². The Morgan fingerprint density at radius 3 is 2.58 bits per heavy atom. The molecule has 1 aromatic rings. The molecule has 1 aromatic carbocycles. The lowest BCUT2D eigenvalue weighted by atomic mass is 10.2. The van der Waals surface area contributed by atoms with Gasteiger partial charge in [-0.2, -0.15) is 0 Å². The smallest absolute Gasteiger partial charge is 0.319 e. The van der Waals surface area contributed by atoms with Crippen LogP contribution in [0.3, 0.4) is 0 Å². The second kappa shape index (κ2) is 7.41. The summed E-state index contributed by atoms with van der Waals surface area (Å²) in [5.74, 6) is 0.251. The van der Waals surface area contributed by atoms with E-state index in [4.69, 9.17) is 0 Å². The van der Waals surface area contributed by atoms with Crippen molar-refractivity contribution in [2.45, 2.75) is 20.8 Å². The Balaban J connectivity index is 2.61. The summed E-state index contributed by atoms with van der Waals surface area (Å²) >= 11 is 0. The quantitative estimate of drug-likeness (QED) is 0.762. The number of hydrogen-bond donors (Lipinski definition) is 3. The van der Waals surface area contributed by atoms with E-state index >= 15 is 0 Å². The summed E-state index contributed by atoms with van der Waals surface area (Å²) in [6.45, 7) is 7.10. The van der Waals surface area contributed by atoms with Crippen LogP contribution in [0.2, 0.25) is 0 Å². The van der Waals surface area contributed by atoms with E-state index in [1.54, 1.807) is 24.3 Å². The zero-order chi connectivity index (χ0) is 14.3. The Hall–Kier alpha value is -2.04. The number of carbonyl (C=O) groups is 2. The molecule has 104 valence electrons. The summed E-state index contributed by atoms with van der Waals surface area (Å²) in [4.78, 5) is 23.3. The van der Waals surface area contributed by atoms with Crippen LogP contribution in [-0.2, 0) is 0 Å². The predicted octanol–water partition coefficient (Wildman–Crippen LogP) is 2.21. The van der Waals surface area contributed by atoms with Gasteiger partial charge in [-0.05, 0) is 31.0 Å². The van der Waals surface area contributed by atoms with E-state index in [0.717, 1.165) is 0 Å². The Morgan fingerprint density at radius 1 is 1.21 bits per heavy atom. The van der Waals surface area contributed by atoms with Crippen molar-refractivity contribution in [2.24, 2.45) is 5.92 Å². The van der Waals surface area contributed by atoms with Crippen molar-refractivity contribution in [3.05, 3.63) is 29.8 Å². The molecule has 3 amide bonds. The molecule has 3 N–H and O–H groups in total. The molecule has 19 heavy (non-hydrogen) atoms. The molecular weight excluding hydrogens is 242 g/mol. The summed E-state index contributed by atoms with van der Waals surface area (Å²) < 4.78 is 0. The van der Waals surface area contributed by atoms with E-state index in [1.807, 2.05) is 20.8 Å². The second-order valence-corrected chi connectivity index (χ2v) is 4.67. The van der Waals surface area contributed by atoms with Gasteiger partial charge in [0, 0.05) is 24.3 Å². The minimum Gasteiger partial charge on any atom is -0.352 e. The second-order valence-electron chi connectivity index (χ2n) is 4.67. The molecule has 0 radical (unpaired) electrons. The molecule has 0 unspecified atom stereocenters. The number of anilines is 1. The summed E-state index contributed by atoms with van der Waals surface area (Å²) in [6, 6.07) is 6.59. The van der Waals surface area contributed by atoms with Gasteiger partial charge in [0.25, 0.3) is 5.91 Å². The van der Waals surface area contributed by atoms with E-state index in [0.29, 0.717) is 30.3 Å². The van der Waals surface area contributed by atoms with Crippen molar-refractivity contribution in [1.82, 2.24) is 10.6 Å². The highest BCUT2D eigenvalue weighted by Gasteiger charge is 2.06. The molecule has 1 rings (SSSR count). The van der Waals surface area contributed by atoms with Gasteiger partial charge in [0.2, 0.25) is 0 Å². The Kier molecular flexibility index (Phi) is 5.85. The monoisotopic (exact) mass is 263 g/mol. The molecule has 0 fully saturated rings.